The zero-order chi connectivity index (χ0) is 19.4. The Balaban J connectivity index is 1.81. The van der Waals surface area contributed by atoms with Crippen LogP contribution in [0.5, 0.6) is 5.75 Å². The Morgan fingerprint density at radius 2 is 1.74 bits per heavy atom. The number of anilines is 3. The Morgan fingerprint density at radius 3 is 2.44 bits per heavy atom. The lowest BCUT2D eigenvalue weighted by molar-refractivity contribution is 0.102. The summed E-state index contributed by atoms with van der Waals surface area (Å²) in [5.74, 6) is 1.57. The minimum Gasteiger partial charge on any atom is -0.497 e. The van der Waals surface area contributed by atoms with E-state index in [0.29, 0.717) is 17.3 Å². The number of nitrogens with one attached hydrogen (secondary N) is 2. The molecule has 2 N–H and O–H groups in total. The number of amides is 1. The molecule has 1 heterocycles. The van der Waals surface area contributed by atoms with Crippen molar-refractivity contribution >= 4 is 23.1 Å². The van der Waals surface area contributed by atoms with Gasteiger partial charge in [-0.25, -0.2) is 9.97 Å². The molecule has 0 fully saturated rings. The Kier molecular flexibility index (Phi) is 5.35. The fourth-order valence-electron chi connectivity index (χ4n) is 2.64. The topological polar surface area (TPSA) is 76.1 Å². The predicted molar refractivity (Wildman–Crippen MR) is 107 cm³/mol. The van der Waals surface area contributed by atoms with Crippen LogP contribution in [-0.2, 0) is 0 Å². The standard InChI is InChI=1S/C21H22N4O2/c1-13-6-5-7-18(14(13)2)25-21(26)19-12-20(23-15(3)22-19)24-16-8-10-17(27-4)11-9-16/h5-12H,1-4H3,(H,25,26)(H,22,23,24). The van der Waals surface area contributed by atoms with Gasteiger partial charge in [-0.3, -0.25) is 4.79 Å². The summed E-state index contributed by atoms with van der Waals surface area (Å²) in [5.41, 5.74) is 4.08. The fraction of sp³-hybridized carbons (Fsp3) is 0.190. The molecule has 3 rings (SSSR count). The SMILES string of the molecule is COc1ccc(Nc2cc(C(=O)Nc3cccc(C)c3C)nc(C)n2)cc1. The van der Waals surface area contributed by atoms with Gasteiger partial charge in [0.25, 0.3) is 5.91 Å². The summed E-state index contributed by atoms with van der Waals surface area (Å²) in [7, 11) is 1.62. The molecule has 27 heavy (non-hydrogen) atoms. The molecule has 3 aromatic rings. The fourth-order valence-corrected chi connectivity index (χ4v) is 2.64. The lowest BCUT2D eigenvalue weighted by Crippen LogP contribution is -2.16. The van der Waals surface area contributed by atoms with E-state index in [9.17, 15) is 4.79 Å². The number of hydrogen-bond acceptors (Lipinski definition) is 5. The zero-order valence-corrected chi connectivity index (χ0v) is 15.8. The van der Waals surface area contributed by atoms with Crippen LogP contribution in [0.2, 0.25) is 0 Å². The van der Waals surface area contributed by atoms with E-state index in [1.54, 1.807) is 20.1 Å². The number of carbonyl (C=O) groups excluding carboxylic acids is 1. The van der Waals surface area contributed by atoms with Gasteiger partial charge in [0.1, 0.15) is 23.1 Å². The summed E-state index contributed by atoms with van der Waals surface area (Å²) in [6.45, 7) is 5.75. The number of benzene rings is 2. The van der Waals surface area contributed by atoms with Crippen molar-refractivity contribution in [3.05, 3.63) is 71.2 Å². The van der Waals surface area contributed by atoms with Crippen LogP contribution in [0.3, 0.4) is 0 Å². The molecule has 0 bridgehead atoms. The smallest absolute Gasteiger partial charge is 0.274 e. The monoisotopic (exact) mass is 362 g/mol. The Morgan fingerprint density at radius 1 is 1.00 bits per heavy atom. The molecule has 6 heteroatoms. The maximum atomic E-state index is 12.7. The molecule has 6 nitrogen and oxygen atoms in total. The van der Waals surface area contributed by atoms with E-state index in [2.05, 4.69) is 20.6 Å². The Bertz CT molecular complexity index is 968. The van der Waals surface area contributed by atoms with Gasteiger partial charge in [0.15, 0.2) is 0 Å². The molecule has 0 spiro atoms. The van der Waals surface area contributed by atoms with E-state index in [0.717, 1.165) is 28.3 Å². The molecule has 2 aromatic carbocycles. The van der Waals surface area contributed by atoms with Gasteiger partial charge in [0.05, 0.1) is 7.11 Å². The summed E-state index contributed by atoms with van der Waals surface area (Å²) in [4.78, 5) is 21.3. The highest BCUT2D eigenvalue weighted by atomic mass is 16.5. The zero-order valence-electron chi connectivity index (χ0n) is 15.8. The number of aromatic nitrogens is 2. The molecule has 138 valence electrons. The normalized spacial score (nSPS) is 10.4. The van der Waals surface area contributed by atoms with E-state index in [1.807, 2.05) is 56.3 Å². The molecule has 0 aliphatic carbocycles. The quantitative estimate of drug-likeness (QED) is 0.703. The second-order valence-corrected chi connectivity index (χ2v) is 6.24. The first-order chi connectivity index (χ1) is 13.0. The third kappa shape index (κ3) is 4.41. The predicted octanol–water partition coefficient (Wildman–Crippen LogP) is 4.41. The molecule has 0 saturated carbocycles. The molecular weight excluding hydrogens is 340 g/mol. The number of ether oxygens (including phenoxy) is 1. The second kappa shape index (κ2) is 7.86. The highest BCUT2D eigenvalue weighted by molar-refractivity contribution is 6.03. The van der Waals surface area contributed by atoms with Gasteiger partial charge in [-0.2, -0.15) is 0 Å². The van der Waals surface area contributed by atoms with E-state index >= 15 is 0 Å². The molecule has 0 saturated heterocycles. The molecule has 1 amide bonds. The van der Waals surface area contributed by atoms with Crippen LogP contribution in [0.25, 0.3) is 0 Å². The van der Waals surface area contributed by atoms with Crippen LogP contribution >= 0.6 is 0 Å². The molecule has 0 radical (unpaired) electrons. The minimum atomic E-state index is -0.271. The first-order valence-corrected chi connectivity index (χ1v) is 8.60. The number of methoxy groups -OCH3 is 1. The first kappa shape index (κ1) is 18.4. The maximum Gasteiger partial charge on any atom is 0.274 e. The van der Waals surface area contributed by atoms with Gasteiger partial charge in [-0.1, -0.05) is 12.1 Å². The van der Waals surface area contributed by atoms with Crippen molar-refractivity contribution in [2.24, 2.45) is 0 Å². The lowest BCUT2D eigenvalue weighted by atomic mass is 10.1. The van der Waals surface area contributed by atoms with Crippen LogP contribution < -0.4 is 15.4 Å². The van der Waals surface area contributed by atoms with Crippen molar-refractivity contribution in [3.63, 3.8) is 0 Å². The van der Waals surface area contributed by atoms with Crippen LogP contribution in [0.15, 0.2) is 48.5 Å². The summed E-state index contributed by atoms with van der Waals surface area (Å²) >= 11 is 0. The molecular formula is C21H22N4O2. The highest BCUT2D eigenvalue weighted by Gasteiger charge is 2.13. The van der Waals surface area contributed by atoms with E-state index in [1.165, 1.54) is 0 Å². The number of aryl methyl sites for hydroxylation is 2. The number of rotatable bonds is 5. The highest BCUT2D eigenvalue weighted by Crippen LogP contribution is 2.21. The molecule has 0 unspecified atom stereocenters. The van der Waals surface area contributed by atoms with Crippen LogP contribution in [0.1, 0.15) is 27.4 Å². The van der Waals surface area contributed by atoms with Gasteiger partial charge in [-0.05, 0) is 62.2 Å². The van der Waals surface area contributed by atoms with E-state index in [4.69, 9.17) is 4.74 Å². The van der Waals surface area contributed by atoms with Gasteiger partial charge >= 0.3 is 0 Å². The van der Waals surface area contributed by atoms with E-state index < -0.39 is 0 Å². The van der Waals surface area contributed by atoms with Crippen molar-refractivity contribution in [1.82, 2.24) is 9.97 Å². The second-order valence-electron chi connectivity index (χ2n) is 6.24. The van der Waals surface area contributed by atoms with E-state index in [-0.39, 0.29) is 5.91 Å². The minimum absolute atomic E-state index is 0.271. The Hall–Kier alpha value is -3.41. The number of hydrogen-bond donors (Lipinski definition) is 2. The van der Waals surface area contributed by atoms with Crippen molar-refractivity contribution in [1.29, 1.82) is 0 Å². The average molecular weight is 362 g/mol. The van der Waals surface area contributed by atoms with Crippen LogP contribution in [-0.4, -0.2) is 23.0 Å². The summed E-state index contributed by atoms with van der Waals surface area (Å²) in [6, 6.07) is 14.9. The first-order valence-electron chi connectivity index (χ1n) is 8.60. The molecule has 0 aliphatic rings. The third-order valence-electron chi connectivity index (χ3n) is 4.29. The van der Waals surface area contributed by atoms with Gasteiger partial charge in [0.2, 0.25) is 0 Å². The molecule has 0 aliphatic heterocycles. The van der Waals surface area contributed by atoms with Crippen molar-refractivity contribution in [2.45, 2.75) is 20.8 Å². The maximum absolute atomic E-state index is 12.7. The van der Waals surface area contributed by atoms with Crippen LogP contribution in [0, 0.1) is 20.8 Å². The van der Waals surface area contributed by atoms with Gasteiger partial charge in [-0.15, -0.1) is 0 Å². The molecule has 1 aromatic heterocycles. The Labute approximate surface area is 158 Å². The average Bonchev–Trinajstić information content (AvgIpc) is 2.65. The number of nitrogens with zero attached hydrogens (tertiary/aromatic N) is 2. The van der Waals surface area contributed by atoms with Crippen molar-refractivity contribution in [3.8, 4) is 5.75 Å². The third-order valence-corrected chi connectivity index (χ3v) is 4.29. The van der Waals surface area contributed by atoms with Crippen molar-refractivity contribution < 1.29 is 9.53 Å². The number of carbonyl (C=O) groups is 1. The van der Waals surface area contributed by atoms with Crippen molar-refractivity contribution in [2.75, 3.05) is 17.7 Å². The van der Waals surface area contributed by atoms with Crippen LogP contribution in [0.4, 0.5) is 17.2 Å². The largest absolute Gasteiger partial charge is 0.497 e. The lowest BCUT2D eigenvalue weighted by Gasteiger charge is -2.12. The van der Waals surface area contributed by atoms with Gasteiger partial charge < -0.3 is 15.4 Å². The summed E-state index contributed by atoms with van der Waals surface area (Å²) < 4.78 is 5.16. The summed E-state index contributed by atoms with van der Waals surface area (Å²) in [6.07, 6.45) is 0. The van der Waals surface area contributed by atoms with Gasteiger partial charge in [0, 0.05) is 17.4 Å². The summed E-state index contributed by atoms with van der Waals surface area (Å²) in [5, 5.41) is 6.12. The molecule has 0 atom stereocenters.